The molecule has 0 heterocycles. The van der Waals surface area contributed by atoms with Crippen molar-refractivity contribution in [1.82, 2.24) is 0 Å². The van der Waals surface area contributed by atoms with Gasteiger partial charge in [0.2, 0.25) is 0 Å². The molecule has 0 aliphatic heterocycles. The van der Waals surface area contributed by atoms with Crippen LogP contribution in [0, 0.1) is 0 Å². The molecule has 0 atom stereocenters. The molecule has 0 aromatic heterocycles. The lowest BCUT2D eigenvalue weighted by Crippen LogP contribution is -1.81. The monoisotopic (exact) mass is 216 g/mol. The molecule has 0 bridgehead atoms. The van der Waals surface area contributed by atoms with Gasteiger partial charge >= 0.3 is 0 Å². The van der Waals surface area contributed by atoms with Gasteiger partial charge in [-0.05, 0) is 24.3 Å². The van der Waals surface area contributed by atoms with Gasteiger partial charge in [-0.25, -0.2) is 0 Å². The van der Waals surface area contributed by atoms with Crippen molar-refractivity contribution in [1.29, 1.82) is 0 Å². The Morgan fingerprint density at radius 3 is 1.25 bits per heavy atom. The zero-order valence-corrected chi connectivity index (χ0v) is 9.59. The molecule has 0 amide bonds. The molecule has 2 aromatic rings. The van der Waals surface area contributed by atoms with E-state index in [1.165, 1.54) is 0 Å². The average molecular weight is 216 g/mol. The summed E-state index contributed by atoms with van der Waals surface area (Å²) in [7, 11) is 3.25. The SMILES string of the molecule is COC.c1ccc(Oc2ccccc2)cc1. The van der Waals surface area contributed by atoms with Gasteiger partial charge in [0.05, 0.1) is 0 Å². The van der Waals surface area contributed by atoms with E-state index in [9.17, 15) is 0 Å². The lowest BCUT2D eigenvalue weighted by Gasteiger charge is -2.03. The van der Waals surface area contributed by atoms with Crippen LogP contribution in [0.15, 0.2) is 60.7 Å². The highest BCUT2D eigenvalue weighted by Crippen LogP contribution is 2.19. The fraction of sp³-hybridized carbons (Fsp3) is 0.143. The first-order valence-corrected chi connectivity index (χ1v) is 5.05. The van der Waals surface area contributed by atoms with Crippen LogP contribution in [0.4, 0.5) is 0 Å². The first-order chi connectivity index (χ1) is 7.86. The maximum absolute atomic E-state index is 5.58. The van der Waals surface area contributed by atoms with E-state index >= 15 is 0 Å². The molecular weight excluding hydrogens is 200 g/mol. The first kappa shape index (κ1) is 12.3. The fourth-order valence-corrected chi connectivity index (χ4v) is 1.11. The lowest BCUT2D eigenvalue weighted by atomic mass is 10.3. The van der Waals surface area contributed by atoms with Crippen LogP contribution >= 0.6 is 0 Å². The number of rotatable bonds is 2. The predicted molar refractivity (Wildman–Crippen MR) is 65.9 cm³/mol. The Morgan fingerprint density at radius 2 is 0.938 bits per heavy atom. The normalized spacial score (nSPS) is 8.88. The third-order valence-electron chi connectivity index (χ3n) is 1.72. The molecule has 0 saturated heterocycles. The summed E-state index contributed by atoms with van der Waals surface area (Å²) in [6.07, 6.45) is 0. The topological polar surface area (TPSA) is 18.5 Å². The van der Waals surface area contributed by atoms with Gasteiger partial charge < -0.3 is 9.47 Å². The van der Waals surface area contributed by atoms with Gasteiger partial charge in [0.15, 0.2) is 0 Å². The van der Waals surface area contributed by atoms with Crippen LogP contribution in [0.5, 0.6) is 11.5 Å². The summed E-state index contributed by atoms with van der Waals surface area (Å²) in [5.74, 6) is 1.74. The van der Waals surface area contributed by atoms with E-state index in [1.807, 2.05) is 60.7 Å². The highest BCUT2D eigenvalue weighted by Gasteiger charge is 1.92. The fourth-order valence-electron chi connectivity index (χ4n) is 1.11. The standard InChI is InChI=1S/C12H10O.C2H6O/c1-3-7-11(8-4-1)13-12-9-5-2-6-10-12;1-3-2/h1-10H;1-2H3. The molecule has 0 aliphatic rings. The zero-order valence-electron chi connectivity index (χ0n) is 9.59. The molecule has 0 aliphatic carbocycles. The van der Waals surface area contributed by atoms with E-state index in [0.717, 1.165) is 11.5 Å². The Bertz CT molecular complexity index is 333. The smallest absolute Gasteiger partial charge is 0.127 e. The number of methoxy groups -OCH3 is 1. The van der Waals surface area contributed by atoms with Gasteiger partial charge in [-0.1, -0.05) is 36.4 Å². The molecular formula is C14H16O2. The summed E-state index contributed by atoms with van der Waals surface area (Å²) < 4.78 is 9.83. The minimum Gasteiger partial charge on any atom is -0.457 e. The number of hydrogen-bond acceptors (Lipinski definition) is 2. The second-order valence-corrected chi connectivity index (χ2v) is 3.14. The number of benzene rings is 2. The molecule has 84 valence electrons. The van der Waals surface area contributed by atoms with Crippen LogP contribution in [-0.2, 0) is 4.74 Å². The van der Waals surface area contributed by atoms with Crippen molar-refractivity contribution in [3.8, 4) is 11.5 Å². The molecule has 2 aromatic carbocycles. The molecule has 0 radical (unpaired) electrons. The summed E-state index contributed by atoms with van der Waals surface area (Å²) in [5, 5.41) is 0. The molecule has 2 nitrogen and oxygen atoms in total. The Hall–Kier alpha value is -1.80. The summed E-state index contributed by atoms with van der Waals surface area (Å²) in [6.45, 7) is 0. The van der Waals surface area contributed by atoms with E-state index in [2.05, 4.69) is 4.74 Å². The Morgan fingerprint density at radius 1 is 0.625 bits per heavy atom. The average Bonchev–Trinajstić information content (AvgIpc) is 2.33. The number of hydrogen-bond donors (Lipinski definition) is 0. The predicted octanol–water partition coefficient (Wildman–Crippen LogP) is 3.74. The molecule has 2 heteroatoms. The van der Waals surface area contributed by atoms with Crippen LogP contribution in [0.25, 0.3) is 0 Å². The van der Waals surface area contributed by atoms with E-state index in [-0.39, 0.29) is 0 Å². The molecule has 2 rings (SSSR count). The molecule has 16 heavy (non-hydrogen) atoms. The van der Waals surface area contributed by atoms with E-state index in [4.69, 9.17) is 4.74 Å². The van der Waals surface area contributed by atoms with Crippen LogP contribution in [0.3, 0.4) is 0 Å². The second kappa shape index (κ2) is 7.49. The summed E-state index contributed by atoms with van der Waals surface area (Å²) in [6, 6.07) is 19.5. The van der Waals surface area contributed by atoms with Crippen molar-refractivity contribution in [3.05, 3.63) is 60.7 Å². The summed E-state index contributed by atoms with van der Waals surface area (Å²) in [5.41, 5.74) is 0. The van der Waals surface area contributed by atoms with Crippen molar-refractivity contribution in [2.75, 3.05) is 14.2 Å². The third kappa shape index (κ3) is 4.62. The third-order valence-corrected chi connectivity index (χ3v) is 1.72. The molecule has 0 unspecified atom stereocenters. The zero-order chi connectivity index (χ0) is 11.6. The van der Waals surface area contributed by atoms with Gasteiger partial charge in [-0.2, -0.15) is 0 Å². The van der Waals surface area contributed by atoms with Gasteiger partial charge in [-0.3, -0.25) is 0 Å². The Kier molecular flexibility index (Phi) is 5.74. The van der Waals surface area contributed by atoms with E-state index in [1.54, 1.807) is 14.2 Å². The van der Waals surface area contributed by atoms with Crippen LogP contribution in [0.2, 0.25) is 0 Å². The quantitative estimate of drug-likeness (QED) is 0.761. The first-order valence-electron chi connectivity index (χ1n) is 5.05. The Labute approximate surface area is 96.5 Å². The van der Waals surface area contributed by atoms with Crippen LogP contribution in [-0.4, -0.2) is 14.2 Å². The largest absolute Gasteiger partial charge is 0.457 e. The highest BCUT2D eigenvalue weighted by atomic mass is 16.5. The number of ether oxygens (including phenoxy) is 2. The second-order valence-electron chi connectivity index (χ2n) is 3.14. The van der Waals surface area contributed by atoms with Gasteiger partial charge in [0.1, 0.15) is 11.5 Å². The summed E-state index contributed by atoms with van der Waals surface area (Å²) >= 11 is 0. The number of para-hydroxylation sites is 2. The lowest BCUT2D eigenvalue weighted by molar-refractivity contribution is 0.277. The molecule has 0 spiro atoms. The minimum atomic E-state index is 0.869. The van der Waals surface area contributed by atoms with E-state index < -0.39 is 0 Å². The van der Waals surface area contributed by atoms with Crippen molar-refractivity contribution in [3.63, 3.8) is 0 Å². The van der Waals surface area contributed by atoms with Crippen molar-refractivity contribution >= 4 is 0 Å². The van der Waals surface area contributed by atoms with Crippen molar-refractivity contribution in [2.24, 2.45) is 0 Å². The molecule has 0 saturated carbocycles. The van der Waals surface area contributed by atoms with Gasteiger partial charge in [0.25, 0.3) is 0 Å². The van der Waals surface area contributed by atoms with Crippen molar-refractivity contribution in [2.45, 2.75) is 0 Å². The molecule has 0 fully saturated rings. The van der Waals surface area contributed by atoms with E-state index in [0.29, 0.717) is 0 Å². The van der Waals surface area contributed by atoms with Crippen LogP contribution in [0.1, 0.15) is 0 Å². The highest BCUT2D eigenvalue weighted by molar-refractivity contribution is 5.30. The Balaban J connectivity index is 0.000000386. The van der Waals surface area contributed by atoms with Crippen LogP contribution < -0.4 is 4.74 Å². The maximum atomic E-state index is 5.58. The minimum absolute atomic E-state index is 0.869. The van der Waals surface area contributed by atoms with Gasteiger partial charge in [-0.15, -0.1) is 0 Å². The van der Waals surface area contributed by atoms with Gasteiger partial charge in [0, 0.05) is 14.2 Å². The molecule has 0 N–H and O–H groups in total. The van der Waals surface area contributed by atoms with Crippen molar-refractivity contribution < 1.29 is 9.47 Å². The summed E-state index contributed by atoms with van der Waals surface area (Å²) in [4.78, 5) is 0. The maximum Gasteiger partial charge on any atom is 0.127 e.